The van der Waals surface area contributed by atoms with Crippen molar-refractivity contribution >= 4 is 29.3 Å². The lowest BCUT2D eigenvalue weighted by Gasteiger charge is -2.70. The zero-order chi connectivity index (χ0) is 24.8. The number of benzene rings is 1. The van der Waals surface area contributed by atoms with E-state index in [9.17, 15) is 14.4 Å². The molecule has 1 aromatic heterocycles. The van der Waals surface area contributed by atoms with Crippen LogP contribution in [0.15, 0.2) is 28.8 Å². The monoisotopic (exact) mass is 500 g/mol. The topological polar surface area (TPSA) is 114 Å². The number of likely N-dealkylation sites (tertiary alicyclic amines) is 1. The lowest BCUT2D eigenvalue weighted by molar-refractivity contribution is -0.141. The Hall–Kier alpha value is -3.07. The summed E-state index contributed by atoms with van der Waals surface area (Å²) in [5.74, 6) is 0.997. The molecule has 2 heterocycles. The van der Waals surface area contributed by atoms with Gasteiger partial charge in [0.15, 0.2) is 12.5 Å². The van der Waals surface area contributed by atoms with Gasteiger partial charge in [-0.2, -0.15) is 0 Å². The van der Waals surface area contributed by atoms with Crippen LogP contribution in [0.4, 0.5) is 0 Å². The number of halogens is 1. The summed E-state index contributed by atoms with van der Waals surface area (Å²) in [5, 5.41) is 6.69. The standard InChI is InChI=1S/C25H29ClN4O5/c1-15-3-4-18(9-19(15)26)34-11-21(32)28-24-12-25(13-24,14-24)29-22(33)20-10-27-23(35-20)17-5-7-30(8-6-17)16(2)31/h3-4,9-10,17H,5-8,11-14H2,1-2H3,(H,28,32)(H,29,33). The minimum absolute atomic E-state index is 0.0761. The molecule has 2 N–H and O–H groups in total. The molecule has 3 aliphatic carbocycles. The number of nitrogens with zero attached hydrogens (tertiary/aromatic N) is 2. The summed E-state index contributed by atoms with van der Waals surface area (Å²) in [5.41, 5.74) is 0.354. The molecule has 0 spiro atoms. The van der Waals surface area contributed by atoms with Crippen molar-refractivity contribution in [2.24, 2.45) is 0 Å². The zero-order valence-electron chi connectivity index (χ0n) is 19.9. The Morgan fingerprint density at radius 2 is 1.86 bits per heavy atom. The van der Waals surface area contributed by atoms with Crippen molar-refractivity contribution in [1.82, 2.24) is 20.5 Å². The highest BCUT2D eigenvalue weighted by Gasteiger charge is 2.69. The SMILES string of the molecule is CC(=O)N1CCC(c2ncc(C(=O)NC34CC(NC(=O)COc5ccc(C)c(Cl)c5)(C3)C4)o2)CC1. The summed E-state index contributed by atoms with van der Waals surface area (Å²) in [7, 11) is 0. The highest BCUT2D eigenvalue weighted by molar-refractivity contribution is 6.31. The van der Waals surface area contributed by atoms with Crippen LogP contribution in [-0.4, -0.2) is 58.4 Å². The zero-order valence-corrected chi connectivity index (χ0v) is 20.6. The Bertz CT molecular complexity index is 1150. The van der Waals surface area contributed by atoms with Gasteiger partial charge in [0.2, 0.25) is 11.7 Å². The van der Waals surface area contributed by atoms with Crippen LogP contribution in [0.3, 0.4) is 0 Å². The van der Waals surface area contributed by atoms with Crippen molar-refractivity contribution in [3.05, 3.63) is 46.6 Å². The average Bonchev–Trinajstić information content (AvgIpc) is 3.28. The third-order valence-corrected chi connectivity index (χ3v) is 7.77. The summed E-state index contributed by atoms with van der Waals surface area (Å²) in [4.78, 5) is 42.7. The number of carbonyl (C=O) groups excluding carboxylic acids is 3. The maximum Gasteiger partial charge on any atom is 0.289 e. The van der Waals surface area contributed by atoms with Crippen LogP contribution in [0.5, 0.6) is 5.75 Å². The van der Waals surface area contributed by atoms with Crippen molar-refractivity contribution in [3.63, 3.8) is 0 Å². The Labute approximate surface area is 208 Å². The third kappa shape index (κ3) is 4.74. The molecule has 2 bridgehead atoms. The molecular weight excluding hydrogens is 472 g/mol. The number of oxazole rings is 1. The normalized spacial score (nSPS) is 25.3. The van der Waals surface area contributed by atoms with Crippen LogP contribution in [-0.2, 0) is 9.59 Å². The first kappa shape index (κ1) is 23.7. The number of nitrogens with one attached hydrogen (secondary N) is 2. The van der Waals surface area contributed by atoms with E-state index in [0.717, 1.165) is 18.4 Å². The minimum Gasteiger partial charge on any atom is -0.484 e. The maximum absolute atomic E-state index is 12.7. The third-order valence-electron chi connectivity index (χ3n) is 7.36. The predicted molar refractivity (Wildman–Crippen MR) is 127 cm³/mol. The largest absolute Gasteiger partial charge is 0.484 e. The Morgan fingerprint density at radius 1 is 1.17 bits per heavy atom. The fourth-order valence-corrected chi connectivity index (χ4v) is 5.69. The van der Waals surface area contributed by atoms with Crippen molar-refractivity contribution < 1.29 is 23.5 Å². The number of carbonyl (C=O) groups is 3. The Morgan fingerprint density at radius 3 is 2.51 bits per heavy atom. The molecule has 3 saturated carbocycles. The van der Waals surface area contributed by atoms with Gasteiger partial charge >= 0.3 is 0 Å². The molecule has 35 heavy (non-hydrogen) atoms. The quantitative estimate of drug-likeness (QED) is 0.604. The van der Waals surface area contributed by atoms with Gasteiger partial charge in [-0.3, -0.25) is 14.4 Å². The van der Waals surface area contributed by atoms with E-state index in [1.54, 1.807) is 19.1 Å². The van der Waals surface area contributed by atoms with Gasteiger partial charge in [-0.05, 0) is 56.7 Å². The lowest BCUT2D eigenvalue weighted by Crippen LogP contribution is -2.84. The lowest BCUT2D eigenvalue weighted by atomic mass is 9.44. The van der Waals surface area contributed by atoms with Crippen molar-refractivity contribution in [2.75, 3.05) is 19.7 Å². The summed E-state index contributed by atoms with van der Waals surface area (Å²) in [6, 6.07) is 5.32. The number of amides is 3. The fraction of sp³-hybridized carbons (Fsp3) is 0.520. The van der Waals surface area contributed by atoms with Crippen LogP contribution < -0.4 is 15.4 Å². The molecule has 0 unspecified atom stereocenters. The number of piperidine rings is 1. The van der Waals surface area contributed by atoms with E-state index >= 15 is 0 Å². The van der Waals surface area contributed by atoms with E-state index < -0.39 is 0 Å². The van der Waals surface area contributed by atoms with Gasteiger partial charge in [0.1, 0.15) is 5.75 Å². The molecular formula is C25H29ClN4O5. The van der Waals surface area contributed by atoms with Gasteiger partial charge in [-0.1, -0.05) is 17.7 Å². The smallest absolute Gasteiger partial charge is 0.289 e. The van der Waals surface area contributed by atoms with Crippen LogP contribution in [0.25, 0.3) is 0 Å². The molecule has 4 aliphatic rings. The van der Waals surface area contributed by atoms with E-state index in [1.807, 2.05) is 17.9 Å². The fourth-order valence-electron chi connectivity index (χ4n) is 5.52. The van der Waals surface area contributed by atoms with Crippen LogP contribution in [0, 0.1) is 6.92 Å². The number of aromatic nitrogens is 1. The summed E-state index contributed by atoms with van der Waals surface area (Å²) in [6.45, 7) is 4.73. The maximum atomic E-state index is 12.7. The second-order valence-corrected chi connectivity index (χ2v) is 10.5. The second kappa shape index (κ2) is 8.86. The first-order valence-electron chi connectivity index (χ1n) is 11.9. The van der Waals surface area contributed by atoms with Crippen LogP contribution >= 0.6 is 11.6 Å². The molecule has 6 rings (SSSR count). The van der Waals surface area contributed by atoms with Gasteiger partial charge in [-0.15, -0.1) is 0 Å². The van der Waals surface area contributed by atoms with Crippen molar-refractivity contribution in [1.29, 1.82) is 0 Å². The van der Waals surface area contributed by atoms with Gasteiger partial charge in [0.05, 0.1) is 6.20 Å². The van der Waals surface area contributed by atoms with Gasteiger partial charge in [-0.25, -0.2) is 4.98 Å². The number of hydrogen-bond acceptors (Lipinski definition) is 6. The highest BCUT2D eigenvalue weighted by Crippen LogP contribution is 2.60. The van der Waals surface area contributed by atoms with Crippen molar-refractivity contribution in [2.45, 2.75) is 62.9 Å². The average molecular weight is 501 g/mol. The molecule has 9 nitrogen and oxygen atoms in total. The first-order valence-corrected chi connectivity index (χ1v) is 12.3. The first-order chi connectivity index (χ1) is 16.7. The molecule has 3 amide bonds. The van der Waals surface area contributed by atoms with Gasteiger partial charge < -0.3 is 24.7 Å². The Kier molecular flexibility index (Phi) is 5.99. The van der Waals surface area contributed by atoms with Gasteiger partial charge in [0, 0.05) is 42.0 Å². The predicted octanol–water partition coefficient (Wildman–Crippen LogP) is 2.96. The minimum atomic E-state index is -0.310. The van der Waals surface area contributed by atoms with Crippen LogP contribution in [0.1, 0.15) is 67.0 Å². The summed E-state index contributed by atoms with van der Waals surface area (Å²) >= 11 is 6.09. The molecule has 1 saturated heterocycles. The van der Waals surface area contributed by atoms with E-state index in [-0.39, 0.29) is 47.1 Å². The number of hydrogen-bond donors (Lipinski definition) is 2. The van der Waals surface area contributed by atoms with Crippen LogP contribution in [0.2, 0.25) is 5.02 Å². The molecule has 186 valence electrons. The second-order valence-electron chi connectivity index (χ2n) is 10.1. The molecule has 0 atom stereocenters. The highest BCUT2D eigenvalue weighted by atomic mass is 35.5. The molecule has 1 aliphatic heterocycles. The molecule has 1 aromatic carbocycles. The Balaban J connectivity index is 1.06. The molecule has 4 fully saturated rings. The summed E-state index contributed by atoms with van der Waals surface area (Å²) in [6.07, 6.45) is 5.05. The number of aryl methyl sites for hydroxylation is 1. The molecule has 10 heteroatoms. The molecule has 0 radical (unpaired) electrons. The number of ether oxygens (including phenoxy) is 1. The van der Waals surface area contributed by atoms with E-state index in [4.69, 9.17) is 20.8 Å². The van der Waals surface area contributed by atoms with E-state index in [0.29, 0.717) is 49.0 Å². The number of rotatable bonds is 7. The molecule has 2 aromatic rings. The van der Waals surface area contributed by atoms with E-state index in [2.05, 4.69) is 15.6 Å². The van der Waals surface area contributed by atoms with E-state index in [1.165, 1.54) is 6.20 Å². The van der Waals surface area contributed by atoms with Crippen molar-refractivity contribution in [3.8, 4) is 5.75 Å². The summed E-state index contributed by atoms with van der Waals surface area (Å²) < 4.78 is 11.3. The van der Waals surface area contributed by atoms with Gasteiger partial charge in [0.25, 0.3) is 11.8 Å².